The van der Waals surface area contributed by atoms with E-state index in [0.29, 0.717) is 5.75 Å². The fraction of sp³-hybridized carbons (Fsp3) is 0.292. The van der Waals surface area contributed by atoms with Crippen LogP contribution >= 0.6 is 11.8 Å². The summed E-state index contributed by atoms with van der Waals surface area (Å²) in [6.07, 6.45) is 0. The molecule has 0 saturated carbocycles. The summed E-state index contributed by atoms with van der Waals surface area (Å²) in [6.45, 7) is 2.56. The molecule has 0 saturated heterocycles. The van der Waals surface area contributed by atoms with E-state index >= 15 is 0 Å². The van der Waals surface area contributed by atoms with Crippen LogP contribution in [0.15, 0.2) is 64.2 Å². The zero-order valence-corrected chi connectivity index (χ0v) is 19.6. The summed E-state index contributed by atoms with van der Waals surface area (Å²) < 4.78 is 6.25. The number of anilines is 2. The number of rotatable bonds is 10. The number of H-pyrrole nitrogens is 1. The number of aromatic amines is 1. The van der Waals surface area contributed by atoms with E-state index in [1.54, 1.807) is 0 Å². The molecule has 0 aliphatic heterocycles. The lowest BCUT2D eigenvalue weighted by atomic mass is 10.2. The third-order valence-corrected chi connectivity index (χ3v) is 6.09. The van der Waals surface area contributed by atoms with E-state index in [-0.39, 0.29) is 42.9 Å². The van der Waals surface area contributed by atoms with Gasteiger partial charge in [0, 0.05) is 12.9 Å². The number of benzene rings is 2. The molecule has 1 heterocycles. The van der Waals surface area contributed by atoms with Crippen molar-refractivity contribution in [1.82, 2.24) is 9.55 Å². The van der Waals surface area contributed by atoms with Gasteiger partial charge in [-0.1, -0.05) is 60.2 Å². The summed E-state index contributed by atoms with van der Waals surface area (Å²) in [5.74, 6) is 0.472. The first kappa shape index (κ1) is 24.3. The third-order valence-electron chi connectivity index (χ3n) is 5.10. The van der Waals surface area contributed by atoms with Crippen molar-refractivity contribution in [1.29, 1.82) is 0 Å². The first-order valence-corrected chi connectivity index (χ1v) is 11.6. The van der Waals surface area contributed by atoms with Gasteiger partial charge in [0.2, 0.25) is 5.91 Å². The van der Waals surface area contributed by atoms with Crippen LogP contribution < -0.4 is 21.9 Å². The number of aromatic nitrogens is 2. The fourth-order valence-corrected chi connectivity index (χ4v) is 4.18. The third kappa shape index (κ3) is 6.36. The minimum Gasteiger partial charge on any atom is -0.383 e. The summed E-state index contributed by atoms with van der Waals surface area (Å²) in [6, 6.07) is 17.4. The number of carbonyl (C=O) groups excluding carboxylic acids is 1. The van der Waals surface area contributed by atoms with Gasteiger partial charge in [0.05, 0.1) is 25.4 Å². The highest BCUT2D eigenvalue weighted by atomic mass is 32.2. The standard InChI is InChI=1S/C24H28N4O4S/c1-17-8-10-19(11-9-17)15-33-16-20(29)28(14-18-6-4-3-5-7-18)21-22(25)27(12-13-32-2)24(31)26-23(21)30/h3-11H,12-16,25H2,1-2H3,(H,26,30,31). The van der Waals surface area contributed by atoms with Gasteiger partial charge in [-0.05, 0) is 18.1 Å². The molecular formula is C24H28N4O4S. The quantitative estimate of drug-likeness (QED) is 0.473. The van der Waals surface area contributed by atoms with Gasteiger partial charge in [0.15, 0.2) is 5.69 Å². The molecule has 1 amide bonds. The average molecular weight is 469 g/mol. The Kier molecular flexibility index (Phi) is 8.51. The number of nitrogens with one attached hydrogen (secondary N) is 1. The molecule has 2 aromatic carbocycles. The first-order chi connectivity index (χ1) is 15.9. The van der Waals surface area contributed by atoms with Crippen molar-refractivity contribution in [2.45, 2.75) is 25.8 Å². The second-order valence-corrected chi connectivity index (χ2v) is 8.57. The Morgan fingerprint density at radius 3 is 2.45 bits per heavy atom. The van der Waals surface area contributed by atoms with Crippen LogP contribution in [-0.4, -0.2) is 34.9 Å². The van der Waals surface area contributed by atoms with Crippen molar-refractivity contribution in [3.8, 4) is 0 Å². The van der Waals surface area contributed by atoms with E-state index in [2.05, 4.69) is 4.98 Å². The van der Waals surface area contributed by atoms with Crippen LogP contribution in [0.2, 0.25) is 0 Å². The molecule has 0 spiro atoms. The zero-order chi connectivity index (χ0) is 23.8. The van der Waals surface area contributed by atoms with Crippen molar-refractivity contribution in [3.63, 3.8) is 0 Å². The number of nitrogens with zero attached hydrogens (tertiary/aromatic N) is 2. The number of carbonyl (C=O) groups is 1. The molecular weight excluding hydrogens is 440 g/mol. The monoisotopic (exact) mass is 468 g/mol. The Balaban J connectivity index is 1.89. The summed E-state index contributed by atoms with van der Waals surface area (Å²) in [5, 5.41) is 0. The maximum absolute atomic E-state index is 13.3. The van der Waals surface area contributed by atoms with Crippen LogP contribution in [0.3, 0.4) is 0 Å². The Hall–Kier alpha value is -3.30. The number of amides is 1. The number of aryl methyl sites for hydroxylation is 1. The Morgan fingerprint density at radius 1 is 1.09 bits per heavy atom. The zero-order valence-electron chi connectivity index (χ0n) is 18.7. The SMILES string of the molecule is COCCn1c(N)c(N(Cc2ccccc2)C(=O)CSCc2ccc(C)cc2)c(=O)[nH]c1=O. The predicted octanol–water partition coefficient (Wildman–Crippen LogP) is 2.54. The van der Waals surface area contributed by atoms with Crippen LogP contribution in [0, 0.1) is 6.92 Å². The molecule has 0 aliphatic rings. The lowest BCUT2D eigenvalue weighted by Crippen LogP contribution is -2.41. The van der Waals surface area contributed by atoms with Crippen LogP contribution in [0.25, 0.3) is 0 Å². The minimum atomic E-state index is -0.695. The maximum atomic E-state index is 13.3. The molecule has 3 rings (SSSR count). The number of hydrogen-bond acceptors (Lipinski definition) is 6. The average Bonchev–Trinajstić information content (AvgIpc) is 2.80. The van der Waals surface area contributed by atoms with E-state index < -0.39 is 11.2 Å². The lowest BCUT2D eigenvalue weighted by molar-refractivity contribution is -0.116. The van der Waals surface area contributed by atoms with Crippen LogP contribution in [0.1, 0.15) is 16.7 Å². The number of nitrogens with two attached hydrogens (primary N) is 1. The van der Waals surface area contributed by atoms with Crippen molar-refractivity contribution < 1.29 is 9.53 Å². The Morgan fingerprint density at radius 2 is 1.79 bits per heavy atom. The fourth-order valence-electron chi connectivity index (χ4n) is 3.32. The number of hydrogen-bond donors (Lipinski definition) is 2. The largest absolute Gasteiger partial charge is 0.383 e. The molecule has 0 aliphatic carbocycles. The smallest absolute Gasteiger partial charge is 0.330 e. The second kappa shape index (κ2) is 11.5. The summed E-state index contributed by atoms with van der Waals surface area (Å²) in [4.78, 5) is 42.0. The molecule has 1 aromatic heterocycles. The topological polar surface area (TPSA) is 110 Å². The van der Waals surface area contributed by atoms with E-state index in [1.807, 2.05) is 61.5 Å². The molecule has 0 fully saturated rings. The molecule has 3 aromatic rings. The maximum Gasteiger partial charge on any atom is 0.330 e. The lowest BCUT2D eigenvalue weighted by Gasteiger charge is -2.24. The first-order valence-electron chi connectivity index (χ1n) is 10.5. The molecule has 33 heavy (non-hydrogen) atoms. The number of ether oxygens (including phenoxy) is 1. The number of thioether (sulfide) groups is 1. The van der Waals surface area contributed by atoms with Crippen molar-refractivity contribution >= 4 is 29.2 Å². The summed E-state index contributed by atoms with van der Waals surface area (Å²) in [7, 11) is 1.50. The van der Waals surface area contributed by atoms with Crippen molar-refractivity contribution in [3.05, 3.63) is 92.1 Å². The molecule has 8 nitrogen and oxygen atoms in total. The van der Waals surface area contributed by atoms with Crippen LogP contribution in [0.5, 0.6) is 0 Å². The normalized spacial score (nSPS) is 10.8. The van der Waals surface area contributed by atoms with Crippen LogP contribution in [0.4, 0.5) is 11.5 Å². The van der Waals surface area contributed by atoms with Gasteiger partial charge in [-0.2, -0.15) is 0 Å². The van der Waals surface area contributed by atoms with Crippen molar-refractivity contribution in [2.75, 3.05) is 30.1 Å². The predicted molar refractivity (Wildman–Crippen MR) is 133 cm³/mol. The molecule has 0 radical (unpaired) electrons. The number of methoxy groups -OCH3 is 1. The van der Waals surface area contributed by atoms with E-state index in [1.165, 1.54) is 33.9 Å². The molecule has 9 heteroatoms. The minimum absolute atomic E-state index is 0.0320. The van der Waals surface area contributed by atoms with Gasteiger partial charge in [-0.3, -0.25) is 24.0 Å². The van der Waals surface area contributed by atoms with Gasteiger partial charge < -0.3 is 10.5 Å². The second-order valence-electron chi connectivity index (χ2n) is 7.58. The molecule has 174 valence electrons. The Labute approximate surface area is 196 Å². The van der Waals surface area contributed by atoms with E-state index in [9.17, 15) is 14.4 Å². The van der Waals surface area contributed by atoms with E-state index in [4.69, 9.17) is 10.5 Å². The highest BCUT2D eigenvalue weighted by molar-refractivity contribution is 7.99. The highest BCUT2D eigenvalue weighted by Crippen LogP contribution is 2.22. The van der Waals surface area contributed by atoms with Gasteiger partial charge >= 0.3 is 5.69 Å². The van der Waals surface area contributed by atoms with E-state index in [0.717, 1.165) is 11.1 Å². The molecule has 0 atom stereocenters. The van der Waals surface area contributed by atoms with Gasteiger partial charge in [-0.15, -0.1) is 11.8 Å². The van der Waals surface area contributed by atoms with Gasteiger partial charge in [0.1, 0.15) is 5.82 Å². The Bertz CT molecular complexity index is 1190. The van der Waals surface area contributed by atoms with Gasteiger partial charge in [0.25, 0.3) is 5.56 Å². The molecule has 0 bridgehead atoms. The van der Waals surface area contributed by atoms with Gasteiger partial charge in [-0.25, -0.2) is 4.79 Å². The summed E-state index contributed by atoms with van der Waals surface area (Å²) in [5.41, 5.74) is 7.99. The van der Waals surface area contributed by atoms with Crippen LogP contribution in [-0.2, 0) is 28.4 Å². The number of nitrogen functional groups attached to an aromatic ring is 1. The highest BCUT2D eigenvalue weighted by Gasteiger charge is 2.24. The molecule has 0 unspecified atom stereocenters. The molecule has 3 N–H and O–H groups in total. The summed E-state index contributed by atoms with van der Waals surface area (Å²) >= 11 is 1.45. The van der Waals surface area contributed by atoms with Crippen molar-refractivity contribution in [2.24, 2.45) is 0 Å².